The summed E-state index contributed by atoms with van der Waals surface area (Å²) in [5.41, 5.74) is 0. The minimum Gasteiger partial charge on any atom is -0.481 e. The zero-order valence-corrected chi connectivity index (χ0v) is 12.1. The molecule has 1 aromatic rings. The molecule has 1 atom stereocenters. The molecule has 1 N–H and O–H groups in total. The van der Waals surface area contributed by atoms with Crippen LogP contribution in [0.1, 0.15) is 32.0 Å². The minimum atomic E-state index is 0.521. The number of hydrogen-bond donors (Lipinski definition) is 1. The van der Waals surface area contributed by atoms with E-state index in [2.05, 4.69) is 27.1 Å². The molecule has 1 aliphatic rings. The second-order valence-corrected chi connectivity index (χ2v) is 5.01. The summed E-state index contributed by atoms with van der Waals surface area (Å²) < 4.78 is 5.26. The molecule has 19 heavy (non-hydrogen) atoms. The van der Waals surface area contributed by atoms with Gasteiger partial charge in [-0.2, -0.15) is 4.98 Å². The molecule has 2 rings (SSSR count). The van der Waals surface area contributed by atoms with Gasteiger partial charge in [-0.3, -0.25) is 0 Å². The monoisotopic (exact) mass is 264 g/mol. The number of aromatic nitrogens is 2. The van der Waals surface area contributed by atoms with E-state index in [0.717, 1.165) is 37.7 Å². The van der Waals surface area contributed by atoms with E-state index in [1.54, 1.807) is 7.11 Å². The third kappa shape index (κ3) is 3.56. The van der Waals surface area contributed by atoms with E-state index in [9.17, 15) is 0 Å². The van der Waals surface area contributed by atoms with Gasteiger partial charge in [0.05, 0.1) is 7.11 Å². The van der Waals surface area contributed by atoms with Gasteiger partial charge < -0.3 is 15.0 Å². The standard InChI is InChI=1S/C14H24N4O/c1-4-8-18(12-6-5-7-15-10-12)13-9-14(19-3)17-11(2)16-13/h9,12,15H,4-8,10H2,1-3H3. The first-order chi connectivity index (χ1) is 9.24. The average molecular weight is 264 g/mol. The number of nitrogens with zero attached hydrogens (tertiary/aromatic N) is 3. The molecule has 1 aromatic heterocycles. The second-order valence-electron chi connectivity index (χ2n) is 5.01. The van der Waals surface area contributed by atoms with Gasteiger partial charge in [-0.1, -0.05) is 6.92 Å². The fourth-order valence-electron chi connectivity index (χ4n) is 2.60. The van der Waals surface area contributed by atoms with Gasteiger partial charge in [-0.25, -0.2) is 4.98 Å². The van der Waals surface area contributed by atoms with Crippen LogP contribution in [0, 0.1) is 6.92 Å². The topological polar surface area (TPSA) is 50.3 Å². The first kappa shape index (κ1) is 14.1. The van der Waals surface area contributed by atoms with Crippen LogP contribution in [0.15, 0.2) is 6.07 Å². The number of aryl methyl sites for hydroxylation is 1. The van der Waals surface area contributed by atoms with Crippen molar-refractivity contribution in [2.75, 3.05) is 31.6 Å². The predicted octanol–water partition coefficient (Wildman–Crippen LogP) is 1.76. The highest BCUT2D eigenvalue weighted by Gasteiger charge is 2.22. The van der Waals surface area contributed by atoms with Crippen molar-refractivity contribution in [2.45, 2.75) is 39.2 Å². The fraction of sp³-hybridized carbons (Fsp3) is 0.714. The predicted molar refractivity (Wildman–Crippen MR) is 76.8 cm³/mol. The number of rotatable bonds is 5. The zero-order valence-electron chi connectivity index (χ0n) is 12.1. The molecule has 0 spiro atoms. The van der Waals surface area contributed by atoms with Gasteiger partial charge in [0.1, 0.15) is 11.6 Å². The Morgan fingerprint density at radius 3 is 2.95 bits per heavy atom. The highest BCUT2D eigenvalue weighted by atomic mass is 16.5. The van der Waals surface area contributed by atoms with Crippen molar-refractivity contribution in [3.63, 3.8) is 0 Å². The van der Waals surface area contributed by atoms with E-state index >= 15 is 0 Å². The van der Waals surface area contributed by atoms with E-state index in [0.29, 0.717) is 11.9 Å². The molecule has 1 fully saturated rings. The van der Waals surface area contributed by atoms with Crippen molar-refractivity contribution in [1.29, 1.82) is 0 Å². The number of methoxy groups -OCH3 is 1. The SMILES string of the molecule is CCCN(c1cc(OC)nc(C)n1)C1CCCNC1. The van der Waals surface area contributed by atoms with Crippen molar-refractivity contribution in [3.8, 4) is 5.88 Å². The summed E-state index contributed by atoms with van der Waals surface area (Å²) >= 11 is 0. The number of anilines is 1. The molecular weight excluding hydrogens is 240 g/mol. The highest BCUT2D eigenvalue weighted by Crippen LogP contribution is 2.22. The molecule has 0 bridgehead atoms. The lowest BCUT2D eigenvalue weighted by molar-refractivity contribution is 0.393. The van der Waals surface area contributed by atoms with Gasteiger partial charge in [-0.05, 0) is 32.7 Å². The largest absolute Gasteiger partial charge is 0.481 e. The summed E-state index contributed by atoms with van der Waals surface area (Å²) in [5.74, 6) is 2.39. The van der Waals surface area contributed by atoms with Gasteiger partial charge in [-0.15, -0.1) is 0 Å². The van der Waals surface area contributed by atoms with Crippen molar-refractivity contribution in [1.82, 2.24) is 15.3 Å². The van der Waals surface area contributed by atoms with Crippen molar-refractivity contribution < 1.29 is 4.74 Å². The molecule has 106 valence electrons. The number of nitrogens with one attached hydrogen (secondary N) is 1. The second kappa shape index (κ2) is 6.70. The average Bonchev–Trinajstić information content (AvgIpc) is 2.45. The third-order valence-corrected chi connectivity index (χ3v) is 3.48. The molecule has 0 aliphatic carbocycles. The molecule has 5 nitrogen and oxygen atoms in total. The maximum atomic E-state index is 5.26. The Hall–Kier alpha value is -1.36. The van der Waals surface area contributed by atoms with E-state index in [4.69, 9.17) is 4.74 Å². The molecule has 0 radical (unpaired) electrons. The van der Waals surface area contributed by atoms with Crippen LogP contribution in [0.3, 0.4) is 0 Å². The van der Waals surface area contributed by atoms with Gasteiger partial charge in [0.15, 0.2) is 0 Å². The normalized spacial score (nSPS) is 19.2. The zero-order chi connectivity index (χ0) is 13.7. The van der Waals surface area contributed by atoms with Crippen LogP contribution in [0.5, 0.6) is 5.88 Å². The molecule has 1 unspecified atom stereocenters. The van der Waals surface area contributed by atoms with Crippen molar-refractivity contribution in [3.05, 3.63) is 11.9 Å². The minimum absolute atomic E-state index is 0.521. The molecular formula is C14H24N4O. The lowest BCUT2D eigenvalue weighted by atomic mass is 10.1. The maximum Gasteiger partial charge on any atom is 0.218 e. The highest BCUT2D eigenvalue weighted by molar-refractivity contribution is 5.43. The van der Waals surface area contributed by atoms with E-state index < -0.39 is 0 Å². The molecule has 0 amide bonds. The number of ether oxygens (including phenoxy) is 1. The third-order valence-electron chi connectivity index (χ3n) is 3.48. The van der Waals surface area contributed by atoms with Crippen molar-refractivity contribution in [2.24, 2.45) is 0 Å². The van der Waals surface area contributed by atoms with Gasteiger partial charge in [0.2, 0.25) is 5.88 Å². The van der Waals surface area contributed by atoms with E-state index in [-0.39, 0.29) is 0 Å². The van der Waals surface area contributed by atoms with Crippen LogP contribution in [0.25, 0.3) is 0 Å². The van der Waals surface area contributed by atoms with Gasteiger partial charge in [0, 0.05) is 25.2 Å². The Morgan fingerprint density at radius 2 is 2.32 bits per heavy atom. The molecule has 1 saturated heterocycles. The summed E-state index contributed by atoms with van der Waals surface area (Å²) in [7, 11) is 1.65. The Kier molecular flexibility index (Phi) is 4.96. The van der Waals surface area contributed by atoms with Crippen LogP contribution in [0.4, 0.5) is 5.82 Å². The van der Waals surface area contributed by atoms with Crippen LogP contribution < -0.4 is 15.0 Å². The number of hydrogen-bond acceptors (Lipinski definition) is 5. The summed E-state index contributed by atoms with van der Waals surface area (Å²) in [4.78, 5) is 11.2. The summed E-state index contributed by atoms with van der Waals surface area (Å²) in [5, 5.41) is 3.47. The Bertz CT molecular complexity index is 404. The molecule has 2 heterocycles. The van der Waals surface area contributed by atoms with Crippen molar-refractivity contribution >= 4 is 5.82 Å². The maximum absolute atomic E-state index is 5.26. The number of piperidine rings is 1. The van der Waals surface area contributed by atoms with Crippen LogP contribution in [-0.4, -0.2) is 42.8 Å². The quantitative estimate of drug-likeness (QED) is 0.878. The van der Waals surface area contributed by atoms with Gasteiger partial charge in [0.25, 0.3) is 0 Å². The Labute approximate surface area is 115 Å². The molecule has 5 heteroatoms. The molecule has 1 aliphatic heterocycles. The van der Waals surface area contributed by atoms with Crippen LogP contribution in [0.2, 0.25) is 0 Å². The summed E-state index contributed by atoms with van der Waals surface area (Å²) in [6.45, 7) is 7.30. The lowest BCUT2D eigenvalue weighted by Gasteiger charge is -2.35. The lowest BCUT2D eigenvalue weighted by Crippen LogP contribution is -2.47. The van der Waals surface area contributed by atoms with E-state index in [1.165, 1.54) is 12.8 Å². The van der Waals surface area contributed by atoms with Crippen LogP contribution >= 0.6 is 0 Å². The smallest absolute Gasteiger partial charge is 0.218 e. The summed E-state index contributed by atoms with van der Waals surface area (Å²) in [6.07, 6.45) is 3.56. The van der Waals surface area contributed by atoms with Gasteiger partial charge >= 0.3 is 0 Å². The first-order valence-corrected chi connectivity index (χ1v) is 7.11. The Morgan fingerprint density at radius 1 is 1.47 bits per heavy atom. The first-order valence-electron chi connectivity index (χ1n) is 7.11. The van der Waals surface area contributed by atoms with E-state index in [1.807, 2.05) is 13.0 Å². The van der Waals surface area contributed by atoms with Crippen LogP contribution in [-0.2, 0) is 0 Å². The summed E-state index contributed by atoms with van der Waals surface area (Å²) in [6, 6.07) is 2.46. The Balaban J connectivity index is 2.24. The fourth-order valence-corrected chi connectivity index (χ4v) is 2.60. The molecule has 0 saturated carbocycles. The molecule has 0 aromatic carbocycles.